The summed E-state index contributed by atoms with van der Waals surface area (Å²) in [5.74, 6) is -0.138. The zero-order valence-electron chi connectivity index (χ0n) is 5.01. The smallest absolute Gasteiger partial charge is 0.337 e. The highest BCUT2D eigenvalue weighted by molar-refractivity contribution is 7.81. The molecule has 0 aliphatic rings. The van der Waals surface area contributed by atoms with Crippen molar-refractivity contribution in [1.29, 1.82) is 0 Å². The monoisotopic (exact) mass is 184 g/mol. The SMILES string of the molecule is FC(F)(F)c1cc(NS)on1. The van der Waals surface area contributed by atoms with Gasteiger partial charge in [0.2, 0.25) is 5.88 Å². The van der Waals surface area contributed by atoms with Gasteiger partial charge in [-0.2, -0.15) is 13.2 Å². The predicted molar refractivity (Wildman–Crippen MR) is 34.1 cm³/mol. The average molecular weight is 184 g/mol. The molecule has 0 unspecified atom stereocenters. The molecule has 0 saturated carbocycles. The van der Waals surface area contributed by atoms with Gasteiger partial charge in [-0.05, 0) is 0 Å². The van der Waals surface area contributed by atoms with E-state index in [-0.39, 0.29) is 5.88 Å². The van der Waals surface area contributed by atoms with Crippen molar-refractivity contribution in [2.24, 2.45) is 0 Å². The number of hydrogen-bond acceptors (Lipinski definition) is 4. The fourth-order valence-corrected chi connectivity index (χ4v) is 0.567. The van der Waals surface area contributed by atoms with Crippen LogP contribution in [0.4, 0.5) is 19.1 Å². The number of thiol groups is 1. The van der Waals surface area contributed by atoms with Gasteiger partial charge >= 0.3 is 6.18 Å². The van der Waals surface area contributed by atoms with Crippen molar-refractivity contribution < 1.29 is 17.7 Å². The molecule has 0 amide bonds. The number of halogens is 3. The van der Waals surface area contributed by atoms with Crippen LogP contribution >= 0.6 is 12.8 Å². The lowest BCUT2D eigenvalue weighted by molar-refractivity contribution is -0.142. The molecule has 1 aromatic rings. The molecule has 1 rings (SSSR count). The fourth-order valence-electron chi connectivity index (χ4n) is 0.462. The molecule has 0 aliphatic carbocycles. The summed E-state index contributed by atoms with van der Waals surface area (Å²) in [4.78, 5) is 0. The first-order chi connectivity index (χ1) is 5.04. The Labute approximate surface area is 65.1 Å². The quantitative estimate of drug-likeness (QED) is 0.655. The third-order valence-corrected chi connectivity index (χ3v) is 1.13. The molecule has 0 aliphatic heterocycles. The molecule has 0 radical (unpaired) electrons. The molecule has 0 saturated heterocycles. The third-order valence-electron chi connectivity index (χ3n) is 0.911. The van der Waals surface area contributed by atoms with Crippen LogP contribution in [-0.2, 0) is 6.18 Å². The van der Waals surface area contributed by atoms with Gasteiger partial charge in [0.25, 0.3) is 0 Å². The van der Waals surface area contributed by atoms with Crippen LogP contribution in [0.5, 0.6) is 0 Å². The molecule has 11 heavy (non-hydrogen) atoms. The summed E-state index contributed by atoms with van der Waals surface area (Å²) in [5, 5.41) is 2.75. The highest BCUT2D eigenvalue weighted by Gasteiger charge is 2.34. The van der Waals surface area contributed by atoms with Gasteiger partial charge in [0.1, 0.15) is 0 Å². The van der Waals surface area contributed by atoms with E-state index in [9.17, 15) is 13.2 Å². The highest BCUT2D eigenvalue weighted by Crippen LogP contribution is 2.29. The molecule has 0 spiro atoms. The first kappa shape index (κ1) is 8.25. The number of alkyl halides is 3. The zero-order chi connectivity index (χ0) is 8.48. The summed E-state index contributed by atoms with van der Waals surface area (Å²) in [6, 6.07) is 0.715. The Balaban J connectivity index is 2.89. The highest BCUT2D eigenvalue weighted by atomic mass is 32.1. The molecule has 0 aromatic carbocycles. The van der Waals surface area contributed by atoms with Gasteiger partial charge in [-0.1, -0.05) is 18.0 Å². The van der Waals surface area contributed by atoms with Crippen LogP contribution in [0.1, 0.15) is 5.69 Å². The maximum atomic E-state index is 11.8. The predicted octanol–water partition coefficient (Wildman–Crippen LogP) is 1.95. The fraction of sp³-hybridized carbons (Fsp3) is 0.250. The van der Waals surface area contributed by atoms with Gasteiger partial charge in [-0.3, -0.25) is 0 Å². The van der Waals surface area contributed by atoms with Gasteiger partial charge < -0.3 is 9.25 Å². The number of aromatic nitrogens is 1. The van der Waals surface area contributed by atoms with Crippen molar-refractivity contribution in [3.8, 4) is 0 Å². The Morgan fingerprint density at radius 1 is 1.55 bits per heavy atom. The van der Waals surface area contributed by atoms with Crippen LogP contribution in [0.15, 0.2) is 10.6 Å². The van der Waals surface area contributed by atoms with Crippen LogP contribution in [0.25, 0.3) is 0 Å². The Hall–Kier alpha value is -0.850. The standard InChI is InChI=1S/C4H3F3N2OS/c5-4(6,7)2-1-3(9-11)10-8-2/h1,9,11H. The Morgan fingerprint density at radius 2 is 2.18 bits per heavy atom. The van der Waals surface area contributed by atoms with E-state index in [1.165, 1.54) is 0 Å². The summed E-state index contributed by atoms with van der Waals surface area (Å²) in [5.41, 5.74) is -1.07. The van der Waals surface area contributed by atoms with Crippen LogP contribution in [0.2, 0.25) is 0 Å². The Morgan fingerprint density at radius 3 is 2.45 bits per heavy atom. The topological polar surface area (TPSA) is 38.1 Å². The number of nitrogens with zero attached hydrogens (tertiary/aromatic N) is 1. The van der Waals surface area contributed by atoms with Gasteiger partial charge in [0, 0.05) is 6.07 Å². The van der Waals surface area contributed by atoms with E-state index >= 15 is 0 Å². The molecule has 1 N–H and O–H groups in total. The van der Waals surface area contributed by atoms with Crippen molar-refractivity contribution in [2.45, 2.75) is 6.18 Å². The molecule has 62 valence electrons. The summed E-state index contributed by atoms with van der Waals surface area (Å²) in [6.07, 6.45) is -4.47. The van der Waals surface area contributed by atoms with Crippen molar-refractivity contribution in [3.05, 3.63) is 11.8 Å². The molecule has 1 heterocycles. The normalized spacial score (nSPS) is 11.6. The summed E-state index contributed by atoms with van der Waals surface area (Å²) in [6.45, 7) is 0. The summed E-state index contributed by atoms with van der Waals surface area (Å²) in [7, 11) is 0. The minimum absolute atomic E-state index is 0.138. The molecule has 3 nitrogen and oxygen atoms in total. The van der Waals surface area contributed by atoms with E-state index in [0.717, 1.165) is 0 Å². The molecule has 7 heteroatoms. The molecule has 1 aromatic heterocycles. The molecule has 0 atom stereocenters. The average Bonchev–Trinajstić information content (AvgIpc) is 2.32. The molecular weight excluding hydrogens is 181 g/mol. The van der Waals surface area contributed by atoms with E-state index in [2.05, 4.69) is 27.2 Å². The summed E-state index contributed by atoms with van der Waals surface area (Å²) >= 11 is 3.47. The van der Waals surface area contributed by atoms with Crippen molar-refractivity contribution in [1.82, 2.24) is 5.16 Å². The second kappa shape index (κ2) is 2.65. The number of hydrogen-bond donors (Lipinski definition) is 2. The van der Waals surface area contributed by atoms with Gasteiger partial charge in [-0.25, -0.2) is 0 Å². The van der Waals surface area contributed by atoms with Gasteiger partial charge in [0.15, 0.2) is 5.69 Å². The molecule has 0 fully saturated rings. The molecular formula is C4H3F3N2OS. The lowest BCUT2D eigenvalue weighted by Gasteiger charge is -1.97. The van der Waals surface area contributed by atoms with Crippen molar-refractivity contribution >= 4 is 18.7 Å². The zero-order valence-corrected chi connectivity index (χ0v) is 5.91. The minimum Gasteiger partial charge on any atom is -0.337 e. The van der Waals surface area contributed by atoms with E-state index < -0.39 is 11.9 Å². The van der Waals surface area contributed by atoms with Gasteiger partial charge in [-0.15, -0.1) is 0 Å². The Bertz CT molecular complexity index is 246. The van der Waals surface area contributed by atoms with E-state index in [0.29, 0.717) is 6.07 Å². The minimum atomic E-state index is -4.47. The summed E-state index contributed by atoms with van der Waals surface area (Å²) < 4.78 is 41.6. The largest absolute Gasteiger partial charge is 0.436 e. The maximum Gasteiger partial charge on any atom is 0.436 e. The third kappa shape index (κ3) is 1.79. The van der Waals surface area contributed by atoms with Crippen LogP contribution in [-0.4, -0.2) is 5.16 Å². The molecule has 0 bridgehead atoms. The second-order valence-corrected chi connectivity index (χ2v) is 1.91. The van der Waals surface area contributed by atoms with E-state index in [1.807, 2.05) is 0 Å². The van der Waals surface area contributed by atoms with E-state index in [4.69, 9.17) is 0 Å². The lowest BCUT2D eigenvalue weighted by Crippen LogP contribution is -2.04. The van der Waals surface area contributed by atoms with Crippen molar-refractivity contribution in [3.63, 3.8) is 0 Å². The van der Waals surface area contributed by atoms with Crippen LogP contribution in [0, 0.1) is 0 Å². The van der Waals surface area contributed by atoms with Crippen LogP contribution < -0.4 is 4.72 Å². The number of rotatable bonds is 1. The second-order valence-electron chi connectivity index (χ2n) is 1.69. The number of anilines is 1. The lowest BCUT2D eigenvalue weighted by atomic mass is 10.4. The Kier molecular flexibility index (Phi) is 1.99. The first-order valence-electron chi connectivity index (χ1n) is 2.48. The number of nitrogens with one attached hydrogen (secondary N) is 1. The first-order valence-corrected chi connectivity index (χ1v) is 2.93. The van der Waals surface area contributed by atoms with Crippen LogP contribution in [0.3, 0.4) is 0 Å². The van der Waals surface area contributed by atoms with Crippen molar-refractivity contribution in [2.75, 3.05) is 4.72 Å². The van der Waals surface area contributed by atoms with Gasteiger partial charge in [0.05, 0.1) is 0 Å². The maximum absolute atomic E-state index is 11.8. The van der Waals surface area contributed by atoms with E-state index in [1.54, 1.807) is 0 Å².